The van der Waals surface area contributed by atoms with Gasteiger partial charge in [-0.2, -0.15) is 0 Å². The van der Waals surface area contributed by atoms with E-state index < -0.39 is 0 Å². The molecule has 0 spiro atoms. The Balaban J connectivity index is 1.54. The minimum Gasteiger partial charge on any atom is -0.496 e. The van der Waals surface area contributed by atoms with E-state index in [9.17, 15) is 9.59 Å². The van der Waals surface area contributed by atoms with Gasteiger partial charge in [-0.15, -0.1) is 0 Å². The third-order valence-corrected chi connectivity index (χ3v) is 5.92. The van der Waals surface area contributed by atoms with Gasteiger partial charge in [0.1, 0.15) is 5.75 Å². The lowest BCUT2D eigenvalue weighted by Crippen LogP contribution is -2.46. The number of piperidine rings is 2. The summed E-state index contributed by atoms with van der Waals surface area (Å²) in [7, 11) is 1.63. The highest BCUT2D eigenvalue weighted by Crippen LogP contribution is 2.24. The second-order valence-electron chi connectivity index (χ2n) is 8.21. The van der Waals surface area contributed by atoms with Crippen LogP contribution in [0.2, 0.25) is 0 Å². The molecule has 0 unspecified atom stereocenters. The fourth-order valence-corrected chi connectivity index (χ4v) is 4.25. The third-order valence-electron chi connectivity index (χ3n) is 5.92. The Kier molecular flexibility index (Phi) is 6.76. The SMILES string of the molecule is COc1ccc(C)cc1/C=C/C(=O)N1CCC(C(=O)N2CCC[C@@H](C)C2)CC1. The molecule has 0 bridgehead atoms. The first-order valence-electron chi connectivity index (χ1n) is 10.4. The van der Waals surface area contributed by atoms with E-state index in [2.05, 4.69) is 6.92 Å². The molecule has 2 fully saturated rings. The van der Waals surface area contributed by atoms with Crippen molar-refractivity contribution in [3.8, 4) is 5.75 Å². The van der Waals surface area contributed by atoms with E-state index in [1.165, 1.54) is 6.42 Å². The van der Waals surface area contributed by atoms with Crippen LogP contribution in [0.15, 0.2) is 24.3 Å². The van der Waals surface area contributed by atoms with E-state index in [0.717, 1.165) is 49.2 Å². The van der Waals surface area contributed by atoms with Crippen molar-refractivity contribution in [2.45, 2.75) is 39.5 Å². The smallest absolute Gasteiger partial charge is 0.246 e. The molecular formula is C23H32N2O3. The first-order valence-corrected chi connectivity index (χ1v) is 10.4. The molecule has 1 aromatic carbocycles. The number of nitrogens with zero attached hydrogens (tertiary/aromatic N) is 2. The van der Waals surface area contributed by atoms with E-state index >= 15 is 0 Å². The van der Waals surface area contributed by atoms with Crippen molar-refractivity contribution in [1.82, 2.24) is 9.80 Å². The molecule has 0 aromatic heterocycles. The molecular weight excluding hydrogens is 352 g/mol. The van der Waals surface area contributed by atoms with E-state index in [-0.39, 0.29) is 11.8 Å². The molecule has 0 N–H and O–H groups in total. The maximum Gasteiger partial charge on any atom is 0.246 e. The Morgan fingerprint density at radius 3 is 2.54 bits per heavy atom. The van der Waals surface area contributed by atoms with Gasteiger partial charge in [0.2, 0.25) is 11.8 Å². The highest BCUT2D eigenvalue weighted by atomic mass is 16.5. The van der Waals surface area contributed by atoms with E-state index in [1.807, 2.05) is 41.0 Å². The standard InChI is InChI=1S/C23H32N2O3/c1-17-6-8-21(28-3)20(15-17)7-9-22(26)24-13-10-19(11-14-24)23(27)25-12-4-5-18(2)16-25/h6-9,15,18-19H,4-5,10-14,16H2,1-3H3/b9-7+/t18-/m1/s1. The molecule has 28 heavy (non-hydrogen) atoms. The molecule has 2 aliphatic rings. The molecule has 5 heteroatoms. The molecule has 2 heterocycles. The largest absolute Gasteiger partial charge is 0.496 e. The van der Waals surface area contributed by atoms with Crippen LogP contribution in [0.4, 0.5) is 0 Å². The van der Waals surface area contributed by atoms with Crippen molar-refractivity contribution in [3.05, 3.63) is 35.4 Å². The van der Waals surface area contributed by atoms with Crippen molar-refractivity contribution in [3.63, 3.8) is 0 Å². The van der Waals surface area contributed by atoms with Gasteiger partial charge in [-0.05, 0) is 56.7 Å². The fourth-order valence-electron chi connectivity index (χ4n) is 4.25. The molecule has 3 rings (SSSR count). The lowest BCUT2D eigenvalue weighted by molar-refractivity contribution is -0.140. The van der Waals surface area contributed by atoms with E-state index in [1.54, 1.807) is 13.2 Å². The summed E-state index contributed by atoms with van der Waals surface area (Å²) in [6.45, 7) is 7.31. The number of hydrogen-bond donors (Lipinski definition) is 0. The van der Waals surface area contributed by atoms with Crippen molar-refractivity contribution in [2.24, 2.45) is 11.8 Å². The molecule has 1 aromatic rings. The molecule has 1 atom stereocenters. The number of rotatable bonds is 4. The molecule has 2 amide bonds. The molecule has 0 aliphatic carbocycles. The third kappa shape index (κ3) is 4.94. The fraction of sp³-hybridized carbons (Fsp3) is 0.565. The lowest BCUT2D eigenvalue weighted by Gasteiger charge is -2.37. The predicted molar refractivity (Wildman–Crippen MR) is 111 cm³/mol. The summed E-state index contributed by atoms with van der Waals surface area (Å²) in [6, 6.07) is 5.91. The second kappa shape index (κ2) is 9.26. The lowest BCUT2D eigenvalue weighted by atomic mass is 9.92. The van der Waals surface area contributed by atoms with Crippen LogP contribution in [0.1, 0.15) is 43.7 Å². The maximum absolute atomic E-state index is 12.8. The predicted octanol–water partition coefficient (Wildman–Crippen LogP) is 3.51. The van der Waals surface area contributed by atoms with Crippen molar-refractivity contribution >= 4 is 17.9 Å². The molecule has 2 saturated heterocycles. The van der Waals surface area contributed by atoms with Gasteiger partial charge in [0.05, 0.1) is 7.11 Å². The normalized spacial score (nSPS) is 21.2. The zero-order chi connectivity index (χ0) is 20.1. The first-order chi connectivity index (χ1) is 13.5. The quantitative estimate of drug-likeness (QED) is 0.747. The Morgan fingerprint density at radius 2 is 1.86 bits per heavy atom. The van der Waals surface area contributed by atoms with Gasteiger partial charge >= 0.3 is 0 Å². The van der Waals surface area contributed by atoms with Crippen LogP contribution in [0.5, 0.6) is 5.75 Å². The van der Waals surface area contributed by atoms with Gasteiger partial charge in [-0.1, -0.05) is 18.6 Å². The molecule has 0 radical (unpaired) electrons. The van der Waals surface area contributed by atoms with Crippen molar-refractivity contribution < 1.29 is 14.3 Å². The van der Waals surface area contributed by atoms with Crippen LogP contribution in [0.3, 0.4) is 0 Å². The van der Waals surface area contributed by atoms with E-state index in [0.29, 0.717) is 24.9 Å². The molecule has 0 saturated carbocycles. The Labute approximate surface area is 168 Å². The van der Waals surface area contributed by atoms with Crippen LogP contribution in [-0.2, 0) is 9.59 Å². The van der Waals surface area contributed by atoms with Gasteiger partial charge in [0.25, 0.3) is 0 Å². The van der Waals surface area contributed by atoms with Crippen LogP contribution in [-0.4, -0.2) is 54.9 Å². The Hall–Kier alpha value is -2.30. The van der Waals surface area contributed by atoms with Crippen LogP contribution in [0, 0.1) is 18.8 Å². The van der Waals surface area contributed by atoms with E-state index in [4.69, 9.17) is 4.74 Å². The number of amides is 2. The number of carbonyl (C=O) groups is 2. The number of likely N-dealkylation sites (tertiary alicyclic amines) is 2. The van der Waals surface area contributed by atoms with Gasteiger partial charge in [0.15, 0.2) is 0 Å². The summed E-state index contributed by atoms with van der Waals surface area (Å²) in [5.41, 5.74) is 2.03. The number of hydrogen-bond acceptors (Lipinski definition) is 3. The summed E-state index contributed by atoms with van der Waals surface area (Å²) in [5.74, 6) is 1.72. The van der Waals surface area contributed by atoms with Gasteiger partial charge in [-0.3, -0.25) is 9.59 Å². The van der Waals surface area contributed by atoms with Crippen LogP contribution >= 0.6 is 0 Å². The monoisotopic (exact) mass is 384 g/mol. The minimum atomic E-state index is 0.000975. The Bertz CT molecular complexity index is 735. The van der Waals surface area contributed by atoms with Gasteiger partial charge < -0.3 is 14.5 Å². The summed E-state index contributed by atoms with van der Waals surface area (Å²) in [5, 5.41) is 0. The number of ether oxygens (including phenoxy) is 1. The summed E-state index contributed by atoms with van der Waals surface area (Å²) < 4.78 is 5.37. The molecule has 5 nitrogen and oxygen atoms in total. The van der Waals surface area contributed by atoms with Crippen molar-refractivity contribution in [1.29, 1.82) is 0 Å². The maximum atomic E-state index is 12.8. The van der Waals surface area contributed by atoms with Gasteiger partial charge in [0, 0.05) is 43.7 Å². The number of aryl methyl sites for hydroxylation is 1. The summed E-state index contributed by atoms with van der Waals surface area (Å²) in [6.07, 6.45) is 7.28. The van der Waals surface area contributed by atoms with Crippen LogP contribution in [0.25, 0.3) is 6.08 Å². The van der Waals surface area contributed by atoms with Crippen molar-refractivity contribution in [2.75, 3.05) is 33.3 Å². The molecule has 2 aliphatic heterocycles. The first kappa shape index (κ1) is 20.4. The summed E-state index contributed by atoms with van der Waals surface area (Å²) >= 11 is 0. The van der Waals surface area contributed by atoms with Crippen LogP contribution < -0.4 is 4.74 Å². The Morgan fingerprint density at radius 1 is 1.11 bits per heavy atom. The highest BCUT2D eigenvalue weighted by Gasteiger charge is 2.31. The minimum absolute atomic E-state index is 0.000975. The number of carbonyl (C=O) groups excluding carboxylic acids is 2. The summed E-state index contributed by atoms with van der Waals surface area (Å²) in [4.78, 5) is 29.3. The zero-order valence-electron chi connectivity index (χ0n) is 17.3. The average Bonchev–Trinajstić information content (AvgIpc) is 2.71. The topological polar surface area (TPSA) is 49.9 Å². The number of methoxy groups -OCH3 is 1. The van der Waals surface area contributed by atoms with Gasteiger partial charge in [-0.25, -0.2) is 0 Å². The highest BCUT2D eigenvalue weighted by molar-refractivity contribution is 5.92. The average molecular weight is 385 g/mol. The zero-order valence-corrected chi connectivity index (χ0v) is 17.3. The second-order valence-corrected chi connectivity index (χ2v) is 8.21. The number of benzene rings is 1. The molecule has 152 valence electrons.